The van der Waals surface area contributed by atoms with Crippen molar-refractivity contribution in [3.8, 4) is 22.5 Å². The summed E-state index contributed by atoms with van der Waals surface area (Å²) in [6.45, 7) is 0.357. The zero-order chi connectivity index (χ0) is 18.5. The molecule has 0 aliphatic heterocycles. The Morgan fingerprint density at radius 1 is 0.926 bits per heavy atom. The fourth-order valence-corrected chi connectivity index (χ4v) is 3.52. The van der Waals surface area contributed by atoms with Crippen LogP contribution in [0.1, 0.15) is 10.6 Å². The molecule has 134 valence electrons. The molecule has 0 spiro atoms. The summed E-state index contributed by atoms with van der Waals surface area (Å²) in [6, 6.07) is 24.2. The van der Waals surface area contributed by atoms with E-state index in [1.54, 1.807) is 11.3 Å². The SMILES string of the molecule is O=C(Cc1cccs1)NCc1cc(-c2ccc(-c3ccccc3)cc2)on1. The van der Waals surface area contributed by atoms with Gasteiger partial charge >= 0.3 is 0 Å². The van der Waals surface area contributed by atoms with Crippen molar-refractivity contribution >= 4 is 17.2 Å². The molecule has 27 heavy (non-hydrogen) atoms. The molecule has 0 saturated carbocycles. The van der Waals surface area contributed by atoms with E-state index in [0.717, 1.165) is 16.0 Å². The van der Waals surface area contributed by atoms with E-state index in [-0.39, 0.29) is 5.91 Å². The molecule has 5 heteroatoms. The van der Waals surface area contributed by atoms with Crippen LogP contribution in [0, 0.1) is 0 Å². The summed E-state index contributed by atoms with van der Waals surface area (Å²) in [7, 11) is 0. The van der Waals surface area contributed by atoms with Gasteiger partial charge in [0, 0.05) is 16.5 Å². The highest BCUT2D eigenvalue weighted by Crippen LogP contribution is 2.25. The quantitative estimate of drug-likeness (QED) is 0.521. The number of thiophene rings is 1. The predicted molar refractivity (Wildman–Crippen MR) is 107 cm³/mol. The molecule has 0 bridgehead atoms. The Morgan fingerprint density at radius 2 is 1.67 bits per heavy atom. The number of amides is 1. The van der Waals surface area contributed by atoms with Gasteiger partial charge in [-0.1, -0.05) is 65.8 Å². The van der Waals surface area contributed by atoms with Crippen molar-refractivity contribution in [2.75, 3.05) is 0 Å². The Labute approximate surface area is 161 Å². The normalized spacial score (nSPS) is 10.7. The molecule has 2 heterocycles. The Bertz CT molecular complexity index is 1010. The van der Waals surface area contributed by atoms with Crippen LogP contribution >= 0.6 is 11.3 Å². The lowest BCUT2D eigenvalue weighted by Crippen LogP contribution is -2.24. The molecule has 2 aromatic heterocycles. The Balaban J connectivity index is 1.38. The van der Waals surface area contributed by atoms with Crippen LogP contribution in [-0.2, 0) is 17.8 Å². The summed E-state index contributed by atoms with van der Waals surface area (Å²) in [5, 5.41) is 8.90. The largest absolute Gasteiger partial charge is 0.356 e. The zero-order valence-corrected chi connectivity index (χ0v) is 15.4. The van der Waals surface area contributed by atoms with Gasteiger partial charge in [-0.25, -0.2) is 0 Å². The minimum absolute atomic E-state index is 0.0192. The van der Waals surface area contributed by atoms with Crippen LogP contribution < -0.4 is 5.32 Å². The van der Waals surface area contributed by atoms with E-state index in [4.69, 9.17) is 4.52 Å². The number of carbonyl (C=O) groups excluding carboxylic acids is 1. The van der Waals surface area contributed by atoms with Gasteiger partial charge in [0.05, 0.1) is 13.0 Å². The van der Waals surface area contributed by atoms with Crippen molar-refractivity contribution < 1.29 is 9.32 Å². The fourth-order valence-electron chi connectivity index (χ4n) is 2.81. The van der Waals surface area contributed by atoms with E-state index in [1.807, 2.05) is 53.9 Å². The van der Waals surface area contributed by atoms with Crippen molar-refractivity contribution in [1.82, 2.24) is 10.5 Å². The molecule has 0 saturated heterocycles. The van der Waals surface area contributed by atoms with Gasteiger partial charge in [-0.05, 0) is 22.6 Å². The van der Waals surface area contributed by atoms with Gasteiger partial charge in [0.25, 0.3) is 0 Å². The number of nitrogens with one attached hydrogen (secondary N) is 1. The molecule has 0 unspecified atom stereocenters. The van der Waals surface area contributed by atoms with Gasteiger partial charge in [-0.15, -0.1) is 11.3 Å². The van der Waals surface area contributed by atoms with Crippen LogP contribution in [0.3, 0.4) is 0 Å². The molecule has 0 fully saturated rings. The molecule has 0 radical (unpaired) electrons. The summed E-state index contributed by atoms with van der Waals surface area (Å²) in [4.78, 5) is 13.0. The molecule has 4 rings (SSSR count). The zero-order valence-electron chi connectivity index (χ0n) is 14.6. The molecular formula is C22H18N2O2S. The Morgan fingerprint density at radius 3 is 2.41 bits per heavy atom. The van der Waals surface area contributed by atoms with Crippen molar-refractivity contribution in [1.29, 1.82) is 0 Å². The van der Waals surface area contributed by atoms with Gasteiger partial charge in [0.15, 0.2) is 5.76 Å². The first kappa shape index (κ1) is 17.2. The monoisotopic (exact) mass is 374 g/mol. The second-order valence-electron chi connectivity index (χ2n) is 6.16. The molecule has 0 aliphatic carbocycles. The molecular weight excluding hydrogens is 356 g/mol. The minimum Gasteiger partial charge on any atom is -0.356 e. The summed E-state index contributed by atoms with van der Waals surface area (Å²) >= 11 is 1.58. The molecule has 4 nitrogen and oxygen atoms in total. The first-order valence-corrected chi connectivity index (χ1v) is 9.56. The Kier molecular flexibility index (Phi) is 5.12. The van der Waals surface area contributed by atoms with E-state index >= 15 is 0 Å². The third kappa shape index (κ3) is 4.33. The van der Waals surface area contributed by atoms with Gasteiger partial charge < -0.3 is 9.84 Å². The summed E-state index contributed by atoms with van der Waals surface area (Å²) in [6.07, 6.45) is 0.392. The molecule has 0 aliphatic rings. The van der Waals surface area contributed by atoms with Crippen molar-refractivity contribution in [3.63, 3.8) is 0 Å². The van der Waals surface area contributed by atoms with Crippen molar-refractivity contribution in [2.24, 2.45) is 0 Å². The lowest BCUT2D eigenvalue weighted by atomic mass is 10.0. The number of aromatic nitrogens is 1. The highest BCUT2D eigenvalue weighted by atomic mass is 32.1. The number of nitrogens with zero attached hydrogens (tertiary/aromatic N) is 1. The van der Waals surface area contributed by atoms with Crippen LogP contribution in [0.2, 0.25) is 0 Å². The summed E-state index contributed by atoms with van der Waals surface area (Å²) in [5.74, 6) is 0.673. The fraction of sp³-hybridized carbons (Fsp3) is 0.0909. The smallest absolute Gasteiger partial charge is 0.225 e. The highest BCUT2D eigenvalue weighted by molar-refractivity contribution is 7.10. The van der Waals surface area contributed by atoms with Crippen molar-refractivity contribution in [2.45, 2.75) is 13.0 Å². The topological polar surface area (TPSA) is 55.1 Å². The maximum atomic E-state index is 12.0. The van der Waals surface area contributed by atoms with E-state index in [0.29, 0.717) is 24.4 Å². The Hall–Kier alpha value is -3.18. The maximum Gasteiger partial charge on any atom is 0.225 e. The third-order valence-corrected chi connectivity index (χ3v) is 5.09. The second kappa shape index (κ2) is 8.01. The molecule has 2 aromatic carbocycles. The number of benzene rings is 2. The lowest BCUT2D eigenvalue weighted by Gasteiger charge is -2.02. The second-order valence-corrected chi connectivity index (χ2v) is 7.19. The van der Waals surface area contributed by atoms with Gasteiger partial charge in [-0.3, -0.25) is 4.79 Å². The van der Waals surface area contributed by atoms with E-state index < -0.39 is 0 Å². The summed E-state index contributed by atoms with van der Waals surface area (Å²) < 4.78 is 5.44. The number of rotatable bonds is 6. The van der Waals surface area contributed by atoms with E-state index in [2.05, 4.69) is 34.7 Å². The molecule has 1 N–H and O–H groups in total. The maximum absolute atomic E-state index is 12.0. The standard InChI is InChI=1S/C22H18N2O2S/c25-22(14-20-7-4-12-27-20)23-15-19-13-21(26-24-19)18-10-8-17(9-11-18)16-5-2-1-3-6-16/h1-13H,14-15H2,(H,23,25). The average molecular weight is 374 g/mol. The first-order valence-electron chi connectivity index (χ1n) is 8.68. The van der Waals surface area contributed by atoms with Crippen molar-refractivity contribution in [3.05, 3.63) is 88.7 Å². The molecule has 1 amide bonds. The number of hydrogen-bond acceptors (Lipinski definition) is 4. The van der Waals surface area contributed by atoms with Gasteiger partial charge in [0.1, 0.15) is 5.69 Å². The number of carbonyl (C=O) groups is 1. The van der Waals surface area contributed by atoms with Crippen LogP contribution in [0.15, 0.2) is 82.7 Å². The van der Waals surface area contributed by atoms with Gasteiger partial charge in [-0.2, -0.15) is 0 Å². The average Bonchev–Trinajstić information content (AvgIpc) is 3.39. The predicted octanol–water partition coefficient (Wildman–Crippen LogP) is 4.93. The molecule has 0 atom stereocenters. The van der Waals surface area contributed by atoms with Crippen LogP contribution in [0.5, 0.6) is 0 Å². The molecule has 4 aromatic rings. The minimum atomic E-state index is -0.0192. The number of hydrogen-bond donors (Lipinski definition) is 1. The first-order chi connectivity index (χ1) is 13.3. The van der Waals surface area contributed by atoms with Gasteiger partial charge in [0.2, 0.25) is 5.91 Å². The lowest BCUT2D eigenvalue weighted by molar-refractivity contribution is -0.120. The van der Waals surface area contributed by atoms with Crippen LogP contribution in [-0.4, -0.2) is 11.1 Å². The van der Waals surface area contributed by atoms with Crippen LogP contribution in [0.25, 0.3) is 22.5 Å². The highest BCUT2D eigenvalue weighted by Gasteiger charge is 2.09. The van der Waals surface area contributed by atoms with Crippen LogP contribution in [0.4, 0.5) is 0 Å². The van der Waals surface area contributed by atoms with E-state index in [1.165, 1.54) is 5.56 Å². The summed E-state index contributed by atoms with van der Waals surface area (Å²) in [5.41, 5.74) is 3.99. The third-order valence-electron chi connectivity index (χ3n) is 4.22. The van der Waals surface area contributed by atoms with E-state index in [9.17, 15) is 4.79 Å².